The summed E-state index contributed by atoms with van der Waals surface area (Å²) < 4.78 is 0. The summed E-state index contributed by atoms with van der Waals surface area (Å²) in [6.07, 6.45) is 3.93. The third-order valence-corrected chi connectivity index (χ3v) is 2.52. The second-order valence-electron chi connectivity index (χ2n) is 3.93. The smallest absolute Gasteiger partial charge is 0.328 e. The molecule has 2 rings (SSSR count). The summed E-state index contributed by atoms with van der Waals surface area (Å²) in [5.74, 6) is -1.01. The third kappa shape index (κ3) is 2.89. The van der Waals surface area contributed by atoms with Crippen LogP contribution in [0.5, 0.6) is 0 Å². The number of benzene rings is 1. The van der Waals surface area contributed by atoms with Gasteiger partial charge in [-0.05, 0) is 11.1 Å². The molecule has 5 heteroatoms. The van der Waals surface area contributed by atoms with E-state index in [1.165, 1.54) is 0 Å². The van der Waals surface area contributed by atoms with Gasteiger partial charge in [-0.25, -0.2) is 9.97 Å². The van der Waals surface area contributed by atoms with Gasteiger partial charge in [-0.2, -0.15) is 0 Å². The van der Waals surface area contributed by atoms with Crippen molar-refractivity contribution in [2.24, 2.45) is 5.73 Å². The summed E-state index contributed by atoms with van der Waals surface area (Å²) in [4.78, 5) is 18.6. The Bertz CT molecular complexity index is 526. The average Bonchev–Trinajstić information content (AvgIpc) is 2.40. The van der Waals surface area contributed by atoms with Crippen LogP contribution in [0.2, 0.25) is 0 Å². The van der Waals surface area contributed by atoms with Crippen LogP contribution in [0.4, 0.5) is 0 Å². The summed E-state index contributed by atoms with van der Waals surface area (Å²) in [6.45, 7) is 0. The highest BCUT2D eigenvalue weighted by Gasteiger charge is 2.16. The topological polar surface area (TPSA) is 89.1 Å². The van der Waals surface area contributed by atoms with E-state index in [0.29, 0.717) is 6.42 Å². The van der Waals surface area contributed by atoms with Gasteiger partial charge in [0, 0.05) is 18.8 Å². The molecular formula is C13H13N3O2. The van der Waals surface area contributed by atoms with Crippen LogP contribution in [-0.4, -0.2) is 21.0 Å². The summed E-state index contributed by atoms with van der Waals surface area (Å²) in [7, 11) is 0. The first-order valence-electron chi connectivity index (χ1n) is 5.50. The van der Waals surface area contributed by atoms with Crippen LogP contribution in [0.3, 0.4) is 0 Å². The lowest BCUT2D eigenvalue weighted by Gasteiger charge is -2.06. The molecule has 1 aromatic carbocycles. The molecule has 0 saturated carbocycles. The summed E-state index contributed by atoms with van der Waals surface area (Å²) in [5.41, 5.74) is 7.48. The van der Waals surface area contributed by atoms with Crippen LogP contribution < -0.4 is 5.73 Å². The molecule has 1 atom stereocenters. The predicted molar refractivity (Wildman–Crippen MR) is 65.8 cm³/mol. The van der Waals surface area contributed by atoms with Gasteiger partial charge in [-0.15, -0.1) is 0 Å². The maximum absolute atomic E-state index is 10.7. The number of hydrogen-bond acceptors (Lipinski definition) is 4. The van der Waals surface area contributed by atoms with Crippen molar-refractivity contribution in [2.45, 2.75) is 12.5 Å². The van der Waals surface area contributed by atoms with Gasteiger partial charge in [0.1, 0.15) is 0 Å². The quantitative estimate of drug-likeness (QED) is 0.840. The Morgan fingerprint density at radius 1 is 1.17 bits per heavy atom. The number of hydrogen-bond donors (Lipinski definition) is 2. The average molecular weight is 243 g/mol. The first kappa shape index (κ1) is 12.2. The lowest BCUT2D eigenvalue weighted by molar-refractivity contribution is -0.138. The minimum absolute atomic E-state index is 0.124. The molecule has 0 saturated heterocycles. The minimum atomic E-state index is -1.17. The normalized spacial score (nSPS) is 12.1. The van der Waals surface area contributed by atoms with E-state index in [-0.39, 0.29) is 5.82 Å². The van der Waals surface area contributed by atoms with Crippen molar-refractivity contribution in [3.8, 4) is 0 Å². The van der Waals surface area contributed by atoms with E-state index in [2.05, 4.69) is 9.97 Å². The zero-order valence-electron chi connectivity index (χ0n) is 9.65. The van der Waals surface area contributed by atoms with Crippen molar-refractivity contribution < 1.29 is 9.90 Å². The van der Waals surface area contributed by atoms with Crippen molar-refractivity contribution in [1.82, 2.24) is 9.97 Å². The Morgan fingerprint density at radius 3 is 2.33 bits per heavy atom. The van der Waals surface area contributed by atoms with Crippen LogP contribution >= 0.6 is 0 Å². The van der Waals surface area contributed by atoms with Gasteiger partial charge in [-0.3, -0.25) is 4.79 Å². The molecule has 1 heterocycles. The molecule has 0 amide bonds. The molecule has 0 radical (unpaired) electrons. The fourth-order valence-corrected chi connectivity index (χ4v) is 1.56. The molecule has 0 spiro atoms. The fraction of sp³-hybridized carbons (Fsp3) is 0.154. The molecule has 0 aliphatic carbocycles. The first-order chi connectivity index (χ1) is 8.66. The largest absolute Gasteiger partial charge is 0.480 e. The molecule has 5 nitrogen and oxygen atoms in total. The number of carboxylic acid groups (broad SMARTS) is 1. The van der Waals surface area contributed by atoms with Gasteiger partial charge in [-0.1, -0.05) is 30.3 Å². The maximum atomic E-state index is 10.7. The van der Waals surface area contributed by atoms with E-state index < -0.39 is 12.0 Å². The van der Waals surface area contributed by atoms with E-state index >= 15 is 0 Å². The number of aromatic nitrogens is 2. The highest BCUT2D eigenvalue weighted by Crippen LogP contribution is 2.09. The van der Waals surface area contributed by atoms with E-state index in [1.807, 2.05) is 30.3 Å². The Morgan fingerprint density at radius 2 is 1.78 bits per heavy atom. The van der Waals surface area contributed by atoms with Crippen molar-refractivity contribution in [3.05, 3.63) is 59.7 Å². The van der Waals surface area contributed by atoms with Gasteiger partial charge >= 0.3 is 5.97 Å². The molecule has 1 unspecified atom stereocenters. The van der Waals surface area contributed by atoms with E-state index in [4.69, 9.17) is 10.8 Å². The monoisotopic (exact) mass is 243 g/mol. The zero-order valence-corrected chi connectivity index (χ0v) is 9.65. The van der Waals surface area contributed by atoms with E-state index in [0.717, 1.165) is 11.1 Å². The van der Waals surface area contributed by atoms with Crippen LogP contribution in [0.15, 0.2) is 42.7 Å². The summed E-state index contributed by atoms with van der Waals surface area (Å²) >= 11 is 0. The molecule has 3 N–H and O–H groups in total. The lowest BCUT2D eigenvalue weighted by atomic mass is 10.1. The molecule has 0 aliphatic heterocycles. The van der Waals surface area contributed by atoms with Crippen molar-refractivity contribution in [3.63, 3.8) is 0 Å². The van der Waals surface area contributed by atoms with Crippen LogP contribution in [0.25, 0.3) is 0 Å². The Labute approximate surface area is 104 Å². The van der Waals surface area contributed by atoms with Crippen molar-refractivity contribution in [2.75, 3.05) is 0 Å². The third-order valence-electron chi connectivity index (χ3n) is 2.52. The standard InChI is InChI=1S/C13H13N3O2/c14-11(13(17)18)12-15-7-10(8-16-12)6-9-4-2-1-3-5-9/h1-5,7-8,11H,6,14H2,(H,17,18). The molecule has 1 aromatic heterocycles. The van der Waals surface area contributed by atoms with E-state index in [9.17, 15) is 4.79 Å². The van der Waals surface area contributed by atoms with Gasteiger partial charge in [0.2, 0.25) is 0 Å². The minimum Gasteiger partial charge on any atom is -0.480 e. The van der Waals surface area contributed by atoms with Gasteiger partial charge in [0.05, 0.1) is 0 Å². The number of nitrogens with zero attached hydrogens (tertiary/aromatic N) is 2. The van der Waals surface area contributed by atoms with Crippen molar-refractivity contribution >= 4 is 5.97 Å². The van der Waals surface area contributed by atoms with Gasteiger partial charge < -0.3 is 10.8 Å². The highest BCUT2D eigenvalue weighted by atomic mass is 16.4. The molecular weight excluding hydrogens is 230 g/mol. The molecule has 18 heavy (non-hydrogen) atoms. The number of carbonyl (C=O) groups is 1. The van der Waals surface area contributed by atoms with E-state index in [1.54, 1.807) is 12.4 Å². The van der Waals surface area contributed by atoms with Crippen molar-refractivity contribution in [1.29, 1.82) is 0 Å². The van der Waals surface area contributed by atoms with Gasteiger partial charge in [0.15, 0.2) is 11.9 Å². The van der Waals surface area contributed by atoms with Crippen LogP contribution in [0.1, 0.15) is 23.0 Å². The predicted octanol–water partition coefficient (Wildman–Crippen LogP) is 1.15. The number of rotatable bonds is 4. The van der Waals surface area contributed by atoms with Crippen LogP contribution in [0, 0.1) is 0 Å². The Hall–Kier alpha value is -2.27. The Balaban J connectivity index is 2.11. The SMILES string of the molecule is NC(C(=O)O)c1ncc(Cc2ccccc2)cn1. The number of nitrogens with two attached hydrogens (primary N) is 1. The summed E-state index contributed by atoms with van der Waals surface area (Å²) in [5, 5.41) is 8.73. The second-order valence-corrected chi connectivity index (χ2v) is 3.93. The molecule has 92 valence electrons. The summed E-state index contributed by atoms with van der Waals surface area (Å²) in [6, 6.07) is 8.73. The lowest BCUT2D eigenvalue weighted by Crippen LogP contribution is -2.23. The molecule has 0 fully saturated rings. The maximum Gasteiger partial charge on any atom is 0.328 e. The zero-order chi connectivity index (χ0) is 13.0. The molecule has 0 bridgehead atoms. The highest BCUT2D eigenvalue weighted by molar-refractivity contribution is 5.73. The van der Waals surface area contributed by atoms with Gasteiger partial charge in [0.25, 0.3) is 0 Å². The molecule has 0 aliphatic rings. The number of carboxylic acids is 1. The molecule has 2 aromatic rings. The first-order valence-corrected chi connectivity index (χ1v) is 5.50. The second kappa shape index (κ2) is 5.37. The Kier molecular flexibility index (Phi) is 3.64. The number of aliphatic carboxylic acids is 1. The van der Waals surface area contributed by atoms with Crippen LogP contribution in [-0.2, 0) is 11.2 Å². The fourth-order valence-electron chi connectivity index (χ4n) is 1.56.